The highest BCUT2D eigenvalue weighted by Gasteiger charge is 2.55. The summed E-state index contributed by atoms with van der Waals surface area (Å²) in [5, 5.41) is 6.77. The topological polar surface area (TPSA) is 87.7 Å². The van der Waals surface area contributed by atoms with Crippen molar-refractivity contribution in [1.82, 2.24) is 20.3 Å². The minimum Gasteiger partial charge on any atom is -0.374 e. The number of ether oxygens (including phenoxy) is 2. The van der Waals surface area contributed by atoms with Crippen LogP contribution in [0.2, 0.25) is 0 Å². The summed E-state index contributed by atoms with van der Waals surface area (Å²) in [6.45, 7) is 11.2. The van der Waals surface area contributed by atoms with Gasteiger partial charge in [-0.3, -0.25) is 0 Å². The monoisotopic (exact) mass is 541 g/mol. The largest absolute Gasteiger partial charge is 0.374 e. The van der Waals surface area contributed by atoms with Crippen molar-refractivity contribution in [2.24, 2.45) is 0 Å². The number of nitrogens with one attached hydrogen (secondary N) is 2. The molecule has 0 saturated carbocycles. The molecule has 1 aromatic carbocycles. The van der Waals surface area contributed by atoms with E-state index < -0.39 is 0 Å². The lowest BCUT2D eigenvalue weighted by atomic mass is 9.73. The van der Waals surface area contributed by atoms with E-state index in [-0.39, 0.29) is 23.1 Å². The van der Waals surface area contributed by atoms with Crippen LogP contribution in [0.15, 0.2) is 48.7 Å². The number of nitrogens with zero attached hydrogens (tertiary/aromatic N) is 5. The Morgan fingerprint density at radius 2 is 1.90 bits per heavy atom. The van der Waals surface area contributed by atoms with Crippen molar-refractivity contribution in [2.75, 3.05) is 41.9 Å². The maximum absolute atomic E-state index is 6.36. The highest BCUT2D eigenvalue weighted by atomic mass is 16.5. The van der Waals surface area contributed by atoms with Gasteiger partial charge in [-0.2, -0.15) is 4.98 Å². The number of morpholine rings is 1. The Kier molecular flexibility index (Phi) is 6.03. The van der Waals surface area contributed by atoms with Crippen LogP contribution < -0.4 is 20.4 Å². The van der Waals surface area contributed by atoms with Crippen LogP contribution in [0.3, 0.4) is 0 Å². The van der Waals surface area contributed by atoms with E-state index in [4.69, 9.17) is 24.4 Å². The first kappa shape index (κ1) is 25.7. The Bertz CT molecular complexity index is 1410. The van der Waals surface area contributed by atoms with Crippen molar-refractivity contribution in [1.29, 1.82) is 0 Å². The second-order valence-electron chi connectivity index (χ2n) is 12.6. The Labute approximate surface area is 236 Å². The van der Waals surface area contributed by atoms with Gasteiger partial charge in [0.2, 0.25) is 5.95 Å². The minimum absolute atomic E-state index is 0.147. The van der Waals surface area contributed by atoms with E-state index in [1.54, 1.807) is 0 Å². The van der Waals surface area contributed by atoms with Gasteiger partial charge in [-0.25, -0.2) is 9.97 Å². The van der Waals surface area contributed by atoms with Crippen LogP contribution in [0.25, 0.3) is 0 Å². The third-order valence-corrected chi connectivity index (χ3v) is 9.34. The van der Waals surface area contributed by atoms with Crippen LogP contribution in [-0.4, -0.2) is 65.5 Å². The van der Waals surface area contributed by atoms with E-state index >= 15 is 0 Å². The lowest BCUT2D eigenvalue weighted by Crippen LogP contribution is -2.54. The molecule has 5 atom stereocenters. The maximum atomic E-state index is 6.36. The van der Waals surface area contributed by atoms with Gasteiger partial charge in [0.1, 0.15) is 11.6 Å². The summed E-state index contributed by atoms with van der Waals surface area (Å²) in [5.74, 6) is 2.38. The summed E-state index contributed by atoms with van der Waals surface area (Å²) in [5.41, 5.74) is 3.84. The first-order chi connectivity index (χ1) is 19.2. The van der Waals surface area contributed by atoms with Crippen molar-refractivity contribution in [2.45, 2.75) is 75.8 Å². The van der Waals surface area contributed by atoms with E-state index in [9.17, 15) is 0 Å². The standard InChI is InChI=1S/C31H39N7O2/c1-19(32-5)25-7-6-8-27(35-25)38-26-14-30(2,3)40-18-31(26,4)24-15-33-29(36-28(24)38)34-20-9-11-21(12-10-20)37-16-23-13-22(37)17-39-23/h6-12,15,19,22-23,26,32H,13-14,16-18H2,1-5H3,(H,33,34,36)/t19-,22-,23-,26-,31-/m0/s1. The van der Waals surface area contributed by atoms with Crippen LogP contribution in [0.5, 0.6) is 0 Å². The quantitative estimate of drug-likeness (QED) is 0.455. The smallest absolute Gasteiger partial charge is 0.229 e. The molecule has 40 heavy (non-hydrogen) atoms. The van der Waals surface area contributed by atoms with Gasteiger partial charge >= 0.3 is 0 Å². The molecule has 0 radical (unpaired) electrons. The fourth-order valence-corrected chi connectivity index (χ4v) is 6.80. The third kappa shape index (κ3) is 4.22. The first-order valence-electron chi connectivity index (χ1n) is 14.4. The van der Waals surface area contributed by atoms with Crippen molar-refractivity contribution in [3.05, 3.63) is 59.9 Å². The Morgan fingerprint density at radius 1 is 1.07 bits per heavy atom. The Hall–Kier alpha value is -3.27. The molecule has 9 nitrogen and oxygen atoms in total. The number of rotatable bonds is 6. The summed E-state index contributed by atoms with van der Waals surface area (Å²) in [6, 6.07) is 15.6. The zero-order valence-electron chi connectivity index (χ0n) is 24.0. The van der Waals surface area contributed by atoms with E-state index in [1.807, 2.05) is 13.2 Å². The molecule has 4 aliphatic heterocycles. The lowest BCUT2D eigenvalue weighted by Gasteiger charge is -2.46. The molecule has 2 N–H and O–H groups in total. The summed E-state index contributed by atoms with van der Waals surface area (Å²) < 4.78 is 12.1. The zero-order chi connectivity index (χ0) is 27.6. The second kappa shape index (κ2) is 9.39. The van der Waals surface area contributed by atoms with E-state index in [1.165, 1.54) is 5.69 Å². The SMILES string of the molecule is CN[C@@H](C)c1cccc(N2c3nc(Nc4ccc(N5C[C@@H]6C[C@H]5CO6)cc4)ncc3[C@]3(C)COC(C)(C)C[C@H]23)n1. The van der Waals surface area contributed by atoms with Crippen LogP contribution in [-0.2, 0) is 14.9 Å². The van der Waals surface area contributed by atoms with Gasteiger partial charge in [0.05, 0.1) is 42.7 Å². The van der Waals surface area contributed by atoms with Crippen molar-refractivity contribution in [3.63, 3.8) is 0 Å². The zero-order valence-corrected chi connectivity index (χ0v) is 24.0. The van der Waals surface area contributed by atoms with Crippen LogP contribution in [0.1, 0.15) is 57.8 Å². The summed E-state index contributed by atoms with van der Waals surface area (Å²) >= 11 is 0. The molecule has 4 aliphatic rings. The predicted molar refractivity (Wildman–Crippen MR) is 157 cm³/mol. The Balaban J connectivity index is 1.22. The molecule has 2 aromatic heterocycles. The molecule has 0 spiro atoms. The molecule has 3 saturated heterocycles. The predicted octanol–water partition coefficient (Wildman–Crippen LogP) is 4.85. The molecule has 0 amide bonds. The number of anilines is 5. The van der Waals surface area contributed by atoms with Gasteiger partial charge in [-0.05, 0) is 77.1 Å². The van der Waals surface area contributed by atoms with Crippen molar-refractivity contribution in [3.8, 4) is 0 Å². The molecule has 0 aliphatic carbocycles. The highest BCUT2D eigenvalue weighted by molar-refractivity contribution is 5.71. The number of aromatic nitrogens is 3. The fourth-order valence-electron chi connectivity index (χ4n) is 6.80. The molecule has 210 valence electrons. The summed E-state index contributed by atoms with van der Waals surface area (Å²) in [6.07, 6.45) is 4.35. The normalized spacial score (nSPS) is 28.9. The molecule has 6 heterocycles. The van der Waals surface area contributed by atoms with E-state index in [0.717, 1.165) is 54.6 Å². The van der Waals surface area contributed by atoms with Gasteiger partial charge in [0.15, 0.2) is 0 Å². The van der Waals surface area contributed by atoms with Gasteiger partial charge < -0.3 is 29.9 Å². The first-order valence-corrected chi connectivity index (χ1v) is 14.4. The molecular formula is C31H39N7O2. The average molecular weight is 542 g/mol. The lowest BCUT2D eigenvalue weighted by molar-refractivity contribution is -0.0893. The number of benzene rings is 1. The maximum Gasteiger partial charge on any atom is 0.229 e. The van der Waals surface area contributed by atoms with Crippen LogP contribution in [0, 0.1) is 0 Å². The summed E-state index contributed by atoms with van der Waals surface area (Å²) in [7, 11) is 1.96. The van der Waals surface area contributed by atoms with Crippen molar-refractivity contribution < 1.29 is 9.47 Å². The molecule has 3 aromatic rings. The fraction of sp³-hybridized carbons (Fsp3) is 0.516. The van der Waals surface area contributed by atoms with E-state index in [0.29, 0.717) is 24.7 Å². The average Bonchev–Trinajstić information content (AvgIpc) is 3.65. The van der Waals surface area contributed by atoms with Crippen LogP contribution in [0.4, 0.5) is 29.0 Å². The van der Waals surface area contributed by atoms with Gasteiger partial charge in [0.25, 0.3) is 0 Å². The van der Waals surface area contributed by atoms with Crippen LogP contribution >= 0.6 is 0 Å². The second-order valence-corrected chi connectivity index (χ2v) is 12.6. The third-order valence-electron chi connectivity index (χ3n) is 9.34. The minimum atomic E-state index is -0.240. The van der Waals surface area contributed by atoms with Gasteiger partial charge in [-0.1, -0.05) is 13.0 Å². The molecule has 7 rings (SSSR count). The molecule has 2 bridgehead atoms. The number of pyridine rings is 1. The highest BCUT2D eigenvalue weighted by Crippen LogP contribution is 2.53. The molecule has 0 unspecified atom stereocenters. The molecule has 3 fully saturated rings. The van der Waals surface area contributed by atoms with Gasteiger partial charge in [-0.15, -0.1) is 0 Å². The summed E-state index contributed by atoms with van der Waals surface area (Å²) in [4.78, 5) is 19.8. The van der Waals surface area contributed by atoms with Gasteiger partial charge in [0, 0.05) is 41.1 Å². The number of hydrogen-bond donors (Lipinski definition) is 2. The Morgan fingerprint density at radius 3 is 2.62 bits per heavy atom. The molecule has 9 heteroatoms. The molecular weight excluding hydrogens is 502 g/mol. The van der Waals surface area contributed by atoms with Crippen molar-refractivity contribution >= 4 is 29.0 Å². The number of fused-ring (bicyclic) bond motifs is 5. The van der Waals surface area contributed by atoms with E-state index in [2.05, 4.69) is 90.6 Å². The number of hydrogen-bond acceptors (Lipinski definition) is 9.